The van der Waals surface area contributed by atoms with Crippen LogP contribution in [0.2, 0.25) is 0 Å². The van der Waals surface area contributed by atoms with Gasteiger partial charge in [0.05, 0.1) is 0 Å². The molecule has 0 saturated heterocycles. The monoisotopic (exact) mass is 251 g/mol. The third kappa shape index (κ3) is 3.87. The van der Waals surface area contributed by atoms with Gasteiger partial charge < -0.3 is 16.4 Å². The summed E-state index contributed by atoms with van der Waals surface area (Å²) < 4.78 is 0. The van der Waals surface area contributed by atoms with Crippen LogP contribution in [0.15, 0.2) is 0 Å². The number of nitrogen functional groups attached to an aromatic ring is 1. The van der Waals surface area contributed by atoms with Crippen molar-refractivity contribution in [3.63, 3.8) is 0 Å². The minimum Gasteiger partial charge on any atom is -0.383 e. The van der Waals surface area contributed by atoms with Gasteiger partial charge in [-0.25, -0.2) is 9.97 Å². The summed E-state index contributed by atoms with van der Waals surface area (Å²) in [5.41, 5.74) is 6.69. The van der Waals surface area contributed by atoms with Crippen molar-refractivity contribution in [2.24, 2.45) is 0 Å². The van der Waals surface area contributed by atoms with Gasteiger partial charge in [-0.15, -0.1) is 0 Å². The van der Waals surface area contributed by atoms with E-state index in [2.05, 4.69) is 20.6 Å². The number of nitrogens with one attached hydrogen (secondary N) is 2. The van der Waals surface area contributed by atoms with Crippen molar-refractivity contribution in [3.05, 3.63) is 11.4 Å². The lowest BCUT2D eigenvalue weighted by Gasteiger charge is -2.13. The number of aromatic nitrogens is 2. The van der Waals surface area contributed by atoms with Gasteiger partial charge in [-0.2, -0.15) is 0 Å². The average molecular weight is 251 g/mol. The summed E-state index contributed by atoms with van der Waals surface area (Å²) in [5.74, 6) is 2.13. The van der Waals surface area contributed by atoms with Gasteiger partial charge in [-0.3, -0.25) is 4.79 Å². The lowest BCUT2D eigenvalue weighted by atomic mass is 10.2. The fourth-order valence-electron chi connectivity index (χ4n) is 1.40. The Hall–Kier alpha value is -1.85. The first kappa shape index (κ1) is 14.2. The lowest BCUT2D eigenvalue weighted by Crippen LogP contribution is -2.26. The van der Waals surface area contributed by atoms with Crippen LogP contribution in [0.1, 0.15) is 38.1 Å². The van der Waals surface area contributed by atoms with Crippen molar-refractivity contribution in [1.82, 2.24) is 15.3 Å². The largest absolute Gasteiger partial charge is 0.383 e. The molecule has 4 N–H and O–H groups in total. The molecule has 0 spiro atoms. The van der Waals surface area contributed by atoms with Crippen LogP contribution in [-0.4, -0.2) is 29.0 Å². The number of rotatable bonds is 5. The second-order valence-corrected chi connectivity index (χ2v) is 4.51. The number of nitrogens with zero attached hydrogens (tertiary/aromatic N) is 2. The quantitative estimate of drug-likeness (QED) is 0.680. The fraction of sp³-hybridized carbons (Fsp3) is 0.583. The zero-order valence-corrected chi connectivity index (χ0v) is 11.4. The van der Waals surface area contributed by atoms with Crippen LogP contribution >= 0.6 is 0 Å². The highest BCUT2D eigenvalue weighted by Crippen LogP contribution is 2.20. The third-order valence-corrected chi connectivity index (χ3v) is 2.51. The molecular formula is C12H21N5O. The highest BCUT2D eigenvalue weighted by Gasteiger charge is 2.10. The van der Waals surface area contributed by atoms with Crippen LogP contribution in [0.3, 0.4) is 0 Å². The van der Waals surface area contributed by atoms with Gasteiger partial charge >= 0.3 is 0 Å². The van der Waals surface area contributed by atoms with Crippen LogP contribution in [0, 0.1) is 6.92 Å². The molecule has 0 aliphatic rings. The Morgan fingerprint density at radius 3 is 2.56 bits per heavy atom. The van der Waals surface area contributed by atoms with E-state index in [0.29, 0.717) is 18.9 Å². The Bertz CT molecular complexity index is 431. The maximum Gasteiger partial charge on any atom is 0.216 e. The number of hydrogen-bond acceptors (Lipinski definition) is 5. The molecule has 1 rings (SSSR count). The number of amides is 1. The SMILES string of the molecule is CC(=O)NCCNc1nc(C(C)C)nc(N)c1C. The summed E-state index contributed by atoms with van der Waals surface area (Å²) in [6.07, 6.45) is 0. The number of carbonyl (C=O) groups excluding carboxylic acids is 1. The highest BCUT2D eigenvalue weighted by atomic mass is 16.1. The van der Waals surface area contributed by atoms with E-state index in [1.165, 1.54) is 6.92 Å². The first-order chi connectivity index (χ1) is 8.41. The molecule has 18 heavy (non-hydrogen) atoms. The van der Waals surface area contributed by atoms with Gasteiger partial charge in [0.15, 0.2) is 0 Å². The molecule has 1 amide bonds. The van der Waals surface area contributed by atoms with Crippen LogP contribution in [0.5, 0.6) is 0 Å². The Morgan fingerprint density at radius 1 is 1.33 bits per heavy atom. The topological polar surface area (TPSA) is 92.9 Å². The number of carbonyl (C=O) groups is 1. The third-order valence-electron chi connectivity index (χ3n) is 2.51. The maximum absolute atomic E-state index is 10.7. The Labute approximate surface area is 107 Å². The molecule has 0 radical (unpaired) electrons. The first-order valence-electron chi connectivity index (χ1n) is 6.04. The van der Waals surface area contributed by atoms with E-state index in [9.17, 15) is 4.79 Å². The second kappa shape index (κ2) is 6.18. The van der Waals surface area contributed by atoms with Crippen molar-refractivity contribution >= 4 is 17.5 Å². The van der Waals surface area contributed by atoms with Crippen LogP contribution in [0.25, 0.3) is 0 Å². The van der Waals surface area contributed by atoms with Crippen molar-refractivity contribution in [2.75, 3.05) is 24.1 Å². The number of nitrogens with two attached hydrogens (primary N) is 1. The average Bonchev–Trinajstić information content (AvgIpc) is 2.28. The summed E-state index contributed by atoms with van der Waals surface area (Å²) in [7, 11) is 0. The highest BCUT2D eigenvalue weighted by molar-refractivity contribution is 5.72. The van der Waals surface area contributed by atoms with Crippen LogP contribution in [-0.2, 0) is 4.79 Å². The molecule has 0 aliphatic heterocycles. The molecule has 0 aliphatic carbocycles. The van der Waals surface area contributed by atoms with Gasteiger partial charge in [0.25, 0.3) is 0 Å². The summed E-state index contributed by atoms with van der Waals surface area (Å²) in [4.78, 5) is 19.4. The standard InChI is InChI=1S/C12H21N5O/c1-7(2)11-16-10(13)8(3)12(17-11)15-6-5-14-9(4)18/h7H,5-6H2,1-4H3,(H,14,18)(H3,13,15,16,17). The molecule has 1 aromatic heterocycles. The van der Waals surface area contributed by atoms with Crippen molar-refractivity contribution in [1.29, 1.82) is 0 Å². The summed E-state index contributed by atoms with van der Waals surface area (Å²) >= 11 is 0. The molecule has 1 aromatic rings. The molecule has 0 unspecified atom stereocenters. The fourth-order valence-corrected chi connectivity index (χ4v) is 1.40. The summed E-state index contributed by atoms with van der Waals surface area (Å²) in [6.45, 7) is 8.56. The second-order valence-electron chi connectivity index (χ2n) is 4.51. The summed E-state index contributed by atoms with van der Waals surface area (Å²) in [5, 5.41) is 5.87. The van der Waals surface area contributed by atoms with Crippen LogP contribution < -0.4 is 16.4 Å². The van der Waals surface area contributed by atoms with E-state index in [0.717, 1.165) is 17.2 Å². The molecule has 100 valence electrons. The number of anilines is 2. The first-order valence-corrected chi connectivity index (χ1v) is 6.04. The predicted octanol–water partition coefficient (Wildman–Crippen LogP) is 1.04. The summed E-state index contributed by atoms with van der Waals surface area (Å²) in [6, 6.07) is 0. The van der Waals surface area contributed by atoms with Gasteiger partial charge in [0.2, 0.25) is 5.91 Å². The van der Waals surface area contributed by atoms with Gasteiger partial charge in [0, 0.05) is 31.5 Å². The maximum atomic E-state index is 10.7. The van der Waals surface area contributed by atoms with Gasteiger partial charge in [0.1, 0.15) is 17.5 Å². The zero-order valence-electron chi connectivity index (χ0n) is 11.4. The molecule has 1 heterocycles. The Kier molecular flexibility index (Phi) is 4.88. The van der Waals surface area contributed by atoms with E-state index >= 15 is 0 Å². The van der Waals surface area contributed by atoms with Gasteiger partial charge in [-0.05, 0) is 6.92 Å². The van der Waals surface area contributed by atoms with E-state index in [1.54, 1.807) is 0 Å². The molecular weight excluding hydrogens is 230 g/mol. The lowest BCUT2D eigenvalue weighted by molar-refractivity contribution is -0.118. The number of hydrogen-bond donors (Lipinski definition) is 3. The molecule has 0 saturated carbocycles. The smallest absolute Gasteiger partial charge is 0.216 e. The van der Waals surface area contributed by atoms with E-state index in [4.69, 9.17) is 5.73 Å². The predicted molar refractivity (Wildman–Crippen MR) is 72.4 cm³/mol. The molecule has 0 atom stereocenters. The molecule has 0 aromatic carbocycles. The van der Waals surface area contributed by atoms with E-state index in [1.807, 2.05) is 20.8 Å². The molecule has 6 heteroatoms. The Balaban J connectivity index is 2.72. The zero-order chi connectivity index (χ0) is 13.7. The molecule has 6 nitrogen and oxygen atoms in total. The Morgan fingerprint density at radius 2 is 2.00 bits per heavy atom. The minimum atomic E-state index is -0.0430. The van der Waals surface area contributed by atoms with Crippen molar-refractivity contribution in [2.45, 2.75) is 33.6 Å². The van der Waals surface area contributed by atoms with E-state index < -0.39 is 0 Å². The minimum absolute atomic E-state index is 0.0430. The molecule has 0 bridgehead atoms. The van der Waals surface area contributed by atoms with Crippen LogP contribution in [0.4, 0.5) is 11.6 Å². The van der Waals surface area contributed by atoms with Crippen molar-refractivity contribution < 1.29 is 4.79 Å². The normalized spacial score (nSPS) is 10.5. The molecule has 0 fully saturated rings. The van der Waals surface area contributed by atoms with Crippen molar-refractivity contribution in [3.8, 4) is 0 Å². The van der Waals surface area contributed by atoms with E-state index in [-0.39, 0.29) is 11.8 Å². The van der Waals surface area contributed by atoms with Gasteiger partial charge in [-0.1, -0.05) is 13.8 Å².